The summed E-state index contributed by atoms with van der Waals surface area (Å²) in [5, 5.41) is 0. The maximum absolute atomic E-state index is 5.93. The van der Waals surface area contributed by atoms with Gasteiger partial charge in [-0.15, -0.1) is 0 Å². The second-order valence-electron chi connectivity index (χ2n) is 3.42. The monoisotopic (exact) mass is 178 g/mol. The molecule has 0 amide bonds. The van der Waals surface area contributed by atoms with Crippen LogP contribution in [0.2, 0.25) is 0 Å². The molecule has 0 spiro atoms. The average Bonchev–Trinajstić information content (AvgIpc) is 2.52. The predicted molar refractivity (Wildman–Crippen MR) is 50.3 cm³/mol. The molecule has 0 radical (unpaired) electrons. The molecule has 0 saturated carbocycles. The van der Waals surface area contributed by atoms with E-state index in [1.807, 2.05) is 19.1 Å². The van der Waals surface area contributed by atoms with E-state index in [2.05, 4.69) is 4.98 Å². The molecule has 0 bridgehead atoms. The van der Waals surface area contributed by atoms with Crippen LogP contribution in [0.25, 0.3) is 0 Å². The maximum Gasteiger partial charge on any atom is 0.0993 e. The number of ether oxygens (including phenoxy) is 1. The number of nitrogens with two attached hydrogens (primary N) is 1. The summed E-state index contributed by atoms with van der Waals surface area (Å²) in [7, 11) is 0. The van der Waals surface area contributed by atoms with Crippen LogP contribution in [0.15, 0.2) is 18.3 Å². The van der Waals surface area contributed by atoms with Crippen LogP contribution in [0.4, 0.5) is 0 Å². The quantitative estimate of drug-likeness (QED) is 0.702. The smallest absolute Gasteiger partial charge is 0.0993 e. The fourth-order valence-electron chi connectivity index (χ4n) is 1.72. The first-order chi connectivity index (χ1) is 6.29. The average molecular weight is 178 g/mol. The first-order valence-corrected chi connectivity index (χ1v) is 4.58. The number of rotatable bonds is 1. The summed E-state index contributed by atoms with van der Waals surface area (Å²) < 4.78 is 5.57. The molecule has 1 aliphatic rings. The predicted octanol–water partition coefficient (Wildman–Crippen LogP) is 1.18. The molecule has 13 heavy (non-hydrogen) atoms. The number of hydrogen-bond acceptors (Lipinski definition) is 3. The van der Waals surface area contributed by atoms with Gasteiger partial charge in [-0.3, -0.25) is 4.98 Å². The molecule has 1 aromatic heterocycles. The number of aromatic nitrogens is 1. The van der Waals surface area contributed by atoms with Gasteiger partial charge in [-0.25, -0.2) is 0 Å². The van der Waals surface area contributed by atoms with Crippen molar-refractivity contribution in [3.05, 3.63) is 29.6 Å². The summed E-state index contributed by atoms with van der Waals surface area (Å²) in [6, 6.07) is 4.09. The van der Waals surface area contributed by atoms with Crippen molar-refractivity contribution in [2.75, 3.05) is 6.61 Å². The van der Waals surface area contributed by atoms with E-state index >= 15 is 0 Å². The van der Waals surface area contributed by atoms with Gasteiger partial charge in [0.2, 0.25) is 0 Å². The van der Waals surface area contributed by atoms with E-state index in [-0.39, 0.29) is 12.1 Å². The van der Waals surface area contributed by atoms with Crippen molar-refractivity contribution in [1.82, 2.24) is 4.98 Å². The zero-order valence-electron chi connectivity index (χ0n) is 7.73. The minimum absolute atomic E-state index is 0.0497. The maximum atomic E-state index is 5.93. The number of nitrogens with zero attached hydrogens (tertiary/aromatic N) is 1. The fraction of sp³-hybridized carbons (Fsp3) is 0.500. The summed E-state index contributed by atoms with van der Waals surface area (Å²) >= 11 is 0. The van der Waals surface area contributed by atoms with Gasteiger partial charge in [-0.05, 0) is 19.4 Å². The Morgan fingerprint density at radius 3 is 3.08 bits per heavy atom. The van der Waals surface area contributed by atoms with Gasteiger partial charge in [0.25, 0.3) is 0 Å². The van der Waals surface area contributed by atoms with Crippen molar-refractivity contribution in [3.8, 4) is 0 Å². The van der Waals surface area contributed by atoms with Crippen LogP contribution >= 0.6 is 0 Å². The number of aryl methyl sites for hydroxylation is 1. The molecule has 1 aliphatic heterocycles. The van der Waals surface area contributed by atoms with E-state index in [1.54, 1.807) is 6.20 Å². The molecule has 1 fully saturated rings. The van der Waals surface area contributed by atoms with Crippen LogP contribution < -0.4 is 5.73 Å². The van der Waals surface area contributed by atoms with E-state index in [0.29, 0.717) is 0 Å². The van der Waals surface area contributed by atoms with Gasteiger partial charge < -0.3 is 10.5 Å². The topological polar surface area (TPSA) is 48.1 Å². The molecule has 0 aromatic carbocycles. The van der Waals surface area contributed by atoms with Crippen LogP contribution in [-0.2, 0) is 4.74 Å². The molecule has 3 nitrogen and oxygen atoms in total. The number of hydrogen-bond donors (Lipinski definition) is 1. The van der Waals surface area contributed by atoms with Crippen LogP contribution in [-0.4, -0.2) is 17.6 Å². The molecule has 2 unspecified atom stereocenters. The lowest BCUT2D eigenvalue weighted by atomic mass is 10.0. The van der Waals surface area contributed by atoms with E-state index in [4.69, 9.17) is 10.5 Å². The lowest BCUT2D eigenvalue weighted by molar-refractivity contribution is 0.104. The van der Waals surface area contributed by atoms with Crippen molar-refractivity contribution in [3.63, 3.8) is 0 Å². The zero-order valence-corrected chi connectivity index (χ0v) is 7.73. The molecule has 2 heterocycles. The first kappa shape index (κ1) is 8.66. The minimum Gasteiger partial charge on any atom is -0.372 e. The molecule has 2 N–H and O–H groups in total. The van der Waals surface area contributed by atoms with Gasteiger partial charge >= 0.3 is 0 Å². The van der Waals surface area contributed by atoms with Crippen molar-refractivity contribution >= 4 is 0 Å². The normalized spacial score (nSPS) is 27.8. The van der Waals surface area contributed by atoms with Crippen molar-refractivity contribution < 1.29 is 4.74 Å². The molecule has 2 atom stereocenters. The van der Waals surface area contributed by atoms with Gasteiger partial charge in [-0.2, -0.15) is 0 Å². The Kier molecular flexibility index (Phi) is 2.29. The molecule has 1 aromatic rings. The van der Waals surface area contributed by atoms with Crippen LogP contribution in [0.3, 0.4) is 0 Å². The molecule has 70 valence electrons. The Hall–Kier alpha value is -0.930. The third kappa shape index (κ3) is 1.57. The Labute approximate surface area is 77.9 Å². The zero-order chi connectivity index (χ0) is 9.26. The summed E-state index contributed by atoms with van der Waals surface area (Å²) in [5.41, 5.74) is 8.08. The first-order valence-electron chi connectivity index (χ1n) is 4.58. The lowest BCUT2D eigenvalue weighted by Gasteiger charge is -2.16. The highest BCUT2D eigenvalue weighted by Crippen LogP contribution is 2.28. The van der Waals surface area contributed by atoms with E-state index in [0.717, 1.165) is 24.3 Å². The minimum atomic E-state index is 0.0497. The summed E-state index contributed by atoms with van der Waals surface area (Å²) in [4.78, 5) is 4.22. The third-order valence-electron chi connectivity index (χ3n) is 2.49. The SMILES string of the molecule is Cc1ncccc1C1OCCC1N. The molecule has 2 rings (SSSR count). The summed E-state index contributed by atoms with van der Waals surface area (Å²) in [6.07, 6.45) is 2.78. The Morgan fingerprint density at radius 1 is 1.62 bits per heavy atom. The Bertz CT molecular complexity index is 301. The summed E-state index contributed by atoms with van der Waals surface area (Å²) in [5.74, 6) is 0. The lowest BCUT2D eigenvalue weighted by Crippen LogP contribution is -2.24. The van der Waals surface area contributed by atoms with E-state index in [1.165, 1.54) is 0 Å². The van der Waals surface area contributed by atoms with Crippen LogP contribution in [0, 0.1) is 6.92 Å². The fourth-order valence-corrected chi connectivity index (χ4v) is 1.72. The Balaban J connectivity index is 2.29. The largest absolute Gasteiger partial charge is 0.372 e. The highest BCUT2D eigenvalue weighted by Gasteiger charge is 2.27. The Morgan fingerprint density at radius 2 is 2.46 bits per heavy atom. The van der Waals surface area contributed by atoms with Crippen LogP contribution in [0.5, 0.6) is 0 Å². The molecular weight excluding hydrogens is 164 g/mol. The van der Waals surface area contributed by atoms with Gasteiger partial charge in [0.1, 0.15) is 0 Å². The van der Waals surface area contributed by atoms with E-state index in [9.17, 15) is 0 Å². The van der Waals surface area contributed by atoms with Crippen molar-refractivity contribution in [1.29, 1.82) is 0 Å². The second kappa shape index (κ2) is 3.44. The molecule has 1 saturated heterocycles. The standard InChI is InChI=1S/C10H14N2O/c1-7-8(3-2-5-12-7)10-9(11)4-6-13-10/h2-3,5,9-10H,4,6,11H2,1H3. The number of pyridine rings is 1. The van der Waals surface area contributed by atoms with Gasteiger partial charge in [-0.1, -0.05) is 6.07 Å². The van der Waals surface area contributed by atoms with Gasteiger partial charge in [0, 0.05) is 30.1 Å². The van der Waals surface area contributed by atoms with Gasteiger partial charge in [0.05, 0.1) is 6.10 Å². The molecule has 0 aliphatic carbocycles. The van der Waals surface area contributed by atoms with Crippen molar-refractivity contribution in [2.24, 2.45) is 5.73 Å². The van der Waals surface area contributed by atoms with Gasteiger partial charge in [0.15, 0.2) is 0 Å². The van der Waals surface area contributed by atoms with Crippen LogP contribution in [0.1, 0.15) is 23.8 Å². The highest BCUT2D eigenvalue weighted by atomic mass is 16.5. The summed E-state index contributed by atoms with van der Waals surface area (Å²) in [6.45, 7) is 2.75. The highest BCUT2D eigenvalue weighted by molar-refractivity contribution is 5.23. The van der Waals surface area contributed by atoms with Crippen molar-refractivity contribution in [2.45, 2.75) is 25.5 Å². The molecule has 3 heteroatoms. The molecular formula is C10H14N2O. The third-order valence-corrected chi connectivity index (χ3v) is 2.49. The van der Waals surface area contributed by atoms with E-state index < -0.39 is 0 Å². The second-order valence-corrected chi connectivity index (χ2v) is 3.42.